The summed E-state index contributed by atoms with van der Waals surface area (Å²) in [5, 5.41) is 14.8. The van der Waals surface area contributed by atoms with Crippen LogP contribution in [0.25, 0.3) is 11.6 Å². The molecule has 2 heterocycles. The molecule has 30 heavy (non-hydrogen) atoms. The molecular weight excluding hydrogens is 380 g/mol. The minimum atomic E-state index is 0.0145. The zero-order chi connectivity index (χ0) is 21.7. The standard InChI is InChI=1S/C22H34N6O2/c1-14(2)19-9-17(15(3)8-18(19)11-23-6-7-25-16(4)29)10-21-26-27-22(30-21)20-12-24-13-28(20)5/h8,12-14,17-19,23H,6-7,9-11H2,1-5H3,(H,25,29)/t17-,18-,19-/m0/s1. The van der Waals surface area contributed by atoms with Crippen molar-refractivity contribution in [3.05, 3.63) is 30.1 Å². The lowest BCUT2D eigenvalue weighted by Gasteiger charge is -2.37. The van der Waals surface area contributed by atoms with Gasteiger partial charge in [-0.3, -0.25) is 4.79 Å². The third kappa shape index (κ3) is 5.56. The van der Waals surface area contributed by atoms with Crippen molar-refractivity contribution >= 4 is 5.91 Å². The summed E-state index contributed by atoms with van der Waals surface area (Å²) in [5.74, 6) is 3.29. The number of amides is 1. The molecule has 0 bridgehead atoms. The Labute approximate surface area is 178 Å². The largest absolute Gasteiger partial charge is 0.419 e. The van der Waals surface area contributed by atoms with Crippen LogP contribution >= 0.6 is 0 Å². The van der Waals surface area contributed by atoms with Gasteiger partial charge in [0.05, 0.1) is 12.5 Å². The number of carbonyl (C=O) groups is 1. The predicted octanol–water partition coefficient (Wildman–Crippen LogP) is 2.59. The van der Waals surface area contributed by atoms with Crippen LogP contribution < -0.4 is 10.6 Å². The van der Waals surface area contributed by atoms with Crippen LogP contribution in [0.5, 0.6) is 0 Å². The maximum atomic E-state index is 11.0. The van der Waals surface area contributed by atoms with Gasteiger partial charge >= 0.3 is 0 Å². The highest BCUT2D eigenvalue weighted by Gasteiger charge is 2.32. The summed E-state index contributed by atoms with van der Waals surface area (Å²) in [6, 6.07) is 0. The Morgan fingerprint density at radius 1 is 1.33 bits per heavy atom. The van der Waals surface area contributed by atoms with Crippen molar-refractivity contribution < 1.29 is 9.21 Å². The van der Waals surface area contributed by atoms with Gasteiger partial charge in [0.2, 0.25) is 11.8 Å². The fourth-order valence-corrected chi connectivity index (χ4v) is 4.32. The normalized spacial score (nSPS) is 21.7. The predicted molar refractivity (Wildman–Crippen MR) is 115 cm³/mol. The highest BCUT2D eigenvalue weighted by Crippen LogP contribution is 2.38. The first-order chi connectivity index (χ1) is 14.3. The first-order valence-corrected chi connectivity index (χ1v) is 10.8. The second-order valence-electron chi connectivity index (χ2n) is 8.70. The molecule has 0 saturated heterocycles. The van der Waals surface area contributed by atoms with E-state index < -0.39 is 0 Å². The van der Waals surface area contributed by atoms with Gasteiger partial charge in [0.15, 0.2) is 0 Å². The number of carbonyl (C=O) groups excluding carboxylic acids is 1. The molecule has 8 heteroatoms. The average Bonchev–Trinajstić information content (AvgIpc) is 3.31. The van der Waals surface area contributed by atoms with E-state index in [1.807, 2.05) is 11.6 Å². The number of aryl methyl sites for hydroxylation is 1. The molecule has 8 nitrogen and oxygen atoms in total. The van der Waals surface area contributed by atoms with Crippen LogP contribution in [-0.4, -0.2) is 45.3 Å². The zero-order valence-electron chi connectivity index (χ0n) is 18.7. The maximum Gasteiger partial charge on any atom is 0.265 e. The van der Waals surface area contributed by atoms with Gasteiger partial charge in [-0.2, -0.15) is 0 Å². The van der Waals surface area contributed by atoms with E-state index in [-0.39, 0.29) is 5.91 Å². The summed E-state index contributed by atoms with van der Waals surface area (Å²) in [6.07, 6.45) is 7.76. The van der Waals surface area contributed by atoms with Gasteiger partial charge < -0.3 is 19.6 Å². The lowest BCUT2D eigenvalue weighted by atomic mass is 9.70. The lowest BCUT2D eigenvalue weighted by Crippen LogP contribution is -2.37. The molecule has 0 radical (unpaired) electrons. The minimum Gasteiger partial charge on any atom is -0.419 e. The Hall–Kier alpha value is -2.48. The summed E-state index contributed by atoms with van der Waals surface area (Å²) in [7, 11) is 1.91. The van der Waals surface area contributed by atoms with E-state index in [4.69, 9.17) is 4.42 Å². The summed E-state index contributed by atoms with van der Waals surface area (Å²) < 4.78 is 7.81. The number of aromatic nitrogens is 4. The Kier molecular flexibility index (Phi) is 7.42. The fraction of sp³-hybridized carbons (Fsp3) is 0.636. The molecule has 3 atom stereocenters. The van der Waals surface area contributed by atoms with Crippen molar-refractivity contribution in [1.29, 1.82) is 0 Å². The van der Waals surface area contributed by atoms with Gasteiger partial charge in [-0.15, -0.1) is 10.2 Å². The number of imidazole rings is 1. The Bertz CT molecular complexity index is 869. The Morgan fingerprint density at radius 3 is 2.80 bits per heavy atom. The van der Waals surface area contributed by atoms with Gasteiger partial charge in [-0.25, -0.2) is 4.98 Å². The Morgan fingerprint density at radius 2 is 2.13 bits per heavy atom. The van der Waals surface area contributed by atoms with Crippen LogP contribution in [0, 0.1) is 23.7 Å². The monoisotopic (exact) mass is 414 g/mol. The minimum absolute atomic E-state index is 0.0145. The topological polar surface area (TPSA) is 97.9 Å². The van der Waals surface area contributed by atoms with E-state index in [9.17, 15) is 4.79 Å². The quantitative estimate of drug-likeness (QED) is 0.483. The summed E-state index contributed by atoms with van der Waals surface area (Å²) in [4.78, 5) is 15.1. The second kappa shape index (κ2) is 10.0. The van der Waals surface area contributed by atoms with Crippen LogP contribution in [0.4, 0.5) is 0 Å². The number of hydrogen-bond acceptors (Lipinski definition) is 6. The van der Waals surface area contributed by atoms with E-state index in [2.05, 4.69) is 52.7 Å². The maximum absolute atomic E-state index is 11.0. The molecule has 0 spiro atoms. The van der Waals surface area contributed by atoms with Gasteiger partial charge in [0.25, 0.3) is 5.89 Å². The van der Waals surface area contributed by atoms with E-state index in [0.717, 1.165) is 31.6 Å². The summed E-state index contributed by atoms with van der Waals surface area (Å²) >= 11 is 0. The van der Waals surface area contributed by atoms with E-state index in [0.29, 0.717) is 42.0 Å². The summed E-state index contributed by atoms with van der Waals surface area (Å²) in [5.41, 5.74) is 2.22. The molecule has 3 rings (SSSR count). The SMILES string of the molecule is CC(=O)NCCNC[C@@H]1C=C(C)[C@H](Cc2nnc(-c3cncn3C)o2)C[C@H]1C(C)C. The molecular formula is C22H34N6O2. The molecule has 0 saturated carbocycles. The number of rotatable bonds is 9. The van der Waals surface area contributed by atoms with Crippen molar-refractivity contribution in [2.75, 3.05) is 19.6 Å². The van der Waals surface area contributed by atoms with Crippen LogP contribution in [-0.2, 0) is 18.3 Å². The van der Waals surface area contributed by atoms with E-state index in [1.54, 1.807) is 19.4 Å². The van der Waals surface area contributed by atoms with Crippen molar-refractivity contribution in [2.24, 2.45) is 30.7 Å². The van der Waals surface area contributed by atoms with Crippen LogP contribution in [0.15, 0.2) is 28.6 Å². The van der Waals surface area contributed by atoms with Crippen LogP contribution in [0.3, 0.4) is 0 Å². The molecule has 1 amide bonds. The van der Waals surface area contributed by atoms with Gasteiger partial charge in [-0.1, -0.05) is 25.5 Å². The number of nitrogens with one attached hydrogen (secondary N) is 2. The molecule has 2 aromatic rings. The van der Waals surface area contributed by atoms with E-state index >= 15 is 0 Å². The molecule has 1 aliphatic rings. The first-order valence-electron chi connectivity index (χ1n) is 10.8. The zero-order valence-corrected chi connectivity index (χ0v) is 18.7. The molecule has 2 N–H and O–H groups in total. The van der Waals surface area contributed by atoms with Gasteiger partial charge in [-0.05, 0) is 37.0 Å². The van der Waals surface area contributed by atoms with E-state index in [1.165, 1.54) is 5.57 Å². The molecule has 2 aromatic heterocycles. The third-order valence-corrected chi connectivity index (χ3v) is 6.06. The van der Waals surface area contributed by atoms with Gasteiger partial charge in [0, 0.05) is 40.0 Å². The second-order valence-corrected chi connectivity index (χ2v) is 8.70. The first kappa shape index (κ1) is 22.2. The molecule has 164 valence electrons. The highest BCUT2D eigenvalue weighted by molar-refractivity contribution is 5.72. The fourth-order valence-electron chi connectivity index (χ4n) is 4.32. The van der Waals surface area contributed by atoms with Crippen LogP contribution in [0.1, 0.15) is 40.0 Å². The third-order valence-electron chi connectivity index (χ3n) is 6.06. The number of nitrogens with zero attached hydrogens (tertiary/aromatic N) is 4. The highest BCUT2D eigenvalue weighted by atomic mass is 16.4. The average molecular weight is 415 g/mol. The molecule has 0 unspecified atom stereocenters. The molecule has 0 aromatic carbocycles. The molecule has 0 fully saturated rings. The van der Waals surface area contributed by atoms with Crippen molar-refractivity contribution in [3.8, 4) is 11.6 Å². The summed E-state index contributed by atoms with van der Waals surface area (Å²) in [6.45, 7) is 10.7. The lowest BCUT2D eigenvalue weighted by molar-refractivity contribution is -0.118. The van der Waals surface area contributed by atoms with Crippen molar-refractivity contribution in [3.63, 3.8) is 0 Å². The van der Waals surface area contributed by atoms with Crippen molar-refractivity contribution in [1.82, 2.24) is 30.4 Å². The smallest absolute Gasteiger partial charge is 0.265 e. The number of hydrogen-bond donors (Lipinski definition) is 2. The molecule has 1 aliphatic carbocycles. The van der Waals surface area contributed by atoms with Crippen LogP contribution in [0.2, 0.25) is 0 Å². The Balaban J connectivity index is 1.62. The van der Waals surface area contributed by atoms with Crippen molar-refractivity contribution in [2.45, 2.75) is 40.5 Å². The van der Waals surface area contributed by atoms with Gasteiger partial charge in [0.1, 0.15) is 5.69 Å². The number of allylic oxidation sites excluding steroid dienone is 1. The molecule has 0 aliphatic heterocycles.